The van der Waals surface area contributed by atoms with Gasteiger partial charge in [0.05, 0.1) is 21.5 Å². The van der Waals surface area contributed by atoms with E-state index < -0.39 is 11.0 Å². The molecule has 0 radical (unpaired) electrons. The minimum Gasteiger partial charge on any atom is -0.370 e. The van der Waals surface area contributed by atoms with Crippen molar-refractivity contribution in [3.05, 3.63) is 59.3 Å². The molecule has 4 heterocycles. The Morgan fingerprint density at radius 2 is 1.96 bits per heavy atom. The molecule has 6 rings (SSSR count). The molecular formula is C33H40ClN9O3S. The van der Waals surface area contributed by atoms with Crippen LogP contribution < -0.4 is 15.5 Å². The highest BCUT2D eigenvalue weighted by Crippen LogP contribution is 2.43. The average molecular weight is 678 g/mol. The molecule has 14 heteroatoms. The van der Waals surface area contributed by atoms with E-state index in [1.54, 1.807) is 10.9 Å². The minimum atomic E-state index is -1.20. The zero-order valence-electron chi connectivity index (χ0n) is 26.5. The number of carbonyl (C=O) groups is 2. The van der Waals surface area contributed by atoms with Gasteiger partial charge < -0.3 is 15.5 Å². The molecule has 3 saturated heterocycles. The molecule has 0 bridgehead atoms. The van der Waals surface area contributed by atoms with E-state index in [9.17, 15) is 13.8 Å². The second kappa shape index (κ2) is 14.5. The number of rotatable bonds is 13. The van der Waals surface area contributed by atoms with Crippen LogP contribution in [0.4, 0.5) is 11.5 Å². The normalized spacial score (nSPS) is 19.4. The van der Waals surface area contributed by atoms with Gasteiger partial charge >= 0.3 is 0 Å². The van der Waals surface area contributed by atoms with Crippen LogP contribution in [0.1, 0.15) is 24.8 Å². The minimum absolute atomic E-state index is 0.164. The number of hydrogen-bond acceptors (Lipinski definition) is 8. The van der Waals surface area contributed by atoms with Crippen LogP contribution >= 0.6 is 11.6 Å². The third-order valence-electron chi connectivity index (χ3n) is 9.00. The fourth-order valence-corrected chi connectivity index (χ4v) is 8.16. The smallest absolute Gasteiger partial charge is 0.227 e. The van der Waals surface area contributed by atoms with E-state index in [1.807, 2.05) is 29.6 Å². The van der Waals surface area contributed by atoms with Crippen LogP contribution in [0, 0.1) is 5.41 Å². The van der Waals surface area contributed by atoms with Gasteiger partial charge in [0.25, 0.3) is 0 Å². The van der Waals surface area contributed by atoms with Crippen LogP contribution in [-0.4, -0.2) is 100 Å². The van der Waals surface area contributed by atoms with Crippen molar-refractivity contribution in [3.63, 3.8) is 0 Å². The Balaban J connectivity index is 0.975. The van der Waals surface area contributed by atoms with Gasteiger partial charge in [-0.15, -0.1) is 0 Å². The van der Waals surface area contributed by atoms with Gasteiger partial charge in [-0.05, 0) is 55.5 Å². The van der Waals surface area contributed by atoms with Gasteiger partial charge in [-0.25, -0.2) is 8.51 Å². The van der Waals surface area contributed by atoms with Crippen LogP contribution in [0.25, 0.3) is 10.9 Å². The van der Waals surface area contributed by atoms with Gasteiger partial charge in [0.1, 0.15) is 11.0 Å². The highest BCUT2D eigenvalue weighted by molar-refractivity contribution is 7.82. The molecular weight excluding hydrogens is 638 g/mol. The molecule has 12 nitrogen and oxygen atoms in total. The van der Waals surface area contributed by atoms with Crippen LogP contribution in [0.3, 0.4) is 0 Å². The number of aliphatic imine (C=N–C) groups is 2. The zero-order valence-corrected chi connectivity index (χ0v) is 28.1. The van der Waals surface area contributed by atoms with Crippen LogP contribution in [0.5, 0.6) is 0 Å². The molecule has 1 atom stereocenters. The molecule has 3 fully saturated rings. The number of fused-ring (bicyclic) bond motifs is 1. The van der Waals surface area contributed by atoms with E-state index in [2.05, 4.69) is 66.5 Å². The number of piperidine rings is 1. The van der Waals surface area contributed by atoms with Crippen molar-refractivity contribution in [1.29, 1.82) is 0 Å². The summed E-state index contributed by atoms with van der Waals surface area (Å²) >= 11 is 6.02. The molecule has 1 unspecified atom stereocenters. The summed E-state index contributed by atoms with van der Waals surface area (Å²) in [4.78, 5) is 36.6. The summed E-state index contributed by atoms with van der Waals surface area (Å²) in [5.41, 5.74) is 3.58. The molecule has 0 aliphatic carbocycles. The Bertz CT molecular complexity index is 1720. The molecule has 2 aromatic carbocycles. The summed E-state index contributed by atoms with van der Waals surface area (Å²) in [7, 11) is 0.672. The molecule has 47 heavy (non-hydrogen) atoms. The maximum absolute atomic E-state index is 13.4. The van der Waals surface area contributed by atoms with Crippen molar-refractivity contribution >= 4 is 70.2 Å². The summed E-state index contributed by atoms with van der Waals surface area (Å²) in [6.45, 7) is 10.0. The molecule has 3 aromatic rings. The number of likely N-dealkylation sites (tertiary alicyclic amines) is 1. The average Bonchev–Trinajstić information content (AvgIpc) is 3.34. The fraction of sp³-hybridized carbons (Fsp3) is 0.424. The van der Waals surface area contributed by atoms with Crippen molar-refractivity contribution in [2.75, 3.05) is 56.0 Å². The highest BCUT2D eigenvalue weighted by Gasteiger charge is 2.51. The monoisotopic (exact) mass is 677 g/mol. The van der Waals surface area contributed by atoms with Crippen molar-refractivity contribution < 1.29 is 13.8 Å². The number of hydrogen-bond donors (Lipinski definition) is 2. The third kappa shape index (κ3) is 7.64. The molecule has 1 aromatic heterocycles. The van der Waals surface area contributed by atoms with E-state index >= 15 is 0 Å². The Labute approximate surface area is 282 Å². The lowest BCUT2D eigenvalue weighted by Gasteiger charge is -2.61. The van der Waals surface area contributed by atoms with Gasteiger partial charge in [0.15, 0.2) is 5.82 Å². The Kier molecular flexibility index (Phi) is 10.2. The molecule has 3 aliphatic rings. The highest BCUT2D eigenvalue weighted by atomic mass is 35.5. The first-order valence-electron chi connectivity index (χ1n) is 15.8. The Morgan fingerprint density at radius 3 is 2.70 bits per heavy atom. The summed E-state index contributed by atoms with van der Waals surface area (Å²) in [5, 5.41) is 11.2. The van der Waals surface area contributed by atoms with E-state index in [-0.39, 0.29) is 24.9 Å². The first-order valence-corrected chi connectivity index (χ1v) is 17.3. The summed E-state index contributed by atoms with van der Waals surface area (Å²) in [6.07, 6.45) is 5.53. The molecule has 1 spiro atoms. The number of nitrogens with zero attached hydrogens (tertiary/aromatic N) is 7. The Morgan fingerprint density at radius 1 is 1.17 bits per heavy atom. The van der Waals surface area contributed by atoms with E-state index in [4.69, 9.17) is 11.6 Å². The van der Waals surface area contributed by atoms with E-state index in [0.29, 0.717) is 22.7 Å². The number of anilines is 2. The maximum atomic E-state index is 13.4. The van der Waals surface area contributed by atoms with Gasteiger partial charge in [-0.3, -0.25) is 29.2 Å². The van der Waals surface area contributed by atoms with Gasteiger partial charge in [-0.2, -0.15) is 5.10 Å². The largest absolute Gasteiger partial charge is 0.370 e. The SMILES string of the molecule is C=N/C=C(/Cl)C=NC1CCN(S(=O)c2cccc(CN3CC4(C3)CN(c3ccc5c(NC(=O)CCNC=O)nn(C)c5c3)C4)c2)CC1. The first-order chi connectivity index (χ1) is 22.8. The number of amides is 2. The van der Waals surface area contributed by atoms with Crippen LogP contribution in [-0.2, 0) is 34.2 Å². The van der Waals surface area contributed by atoms with Crippen molar-refractivity contribution in [3.8, 4) is 0 Å². The molecule has 3 aliphatic heterocycles. The van der Waals surface area contributed by atoms with Crippen molar-refractivity contribution in [2.24, 2.45) is 22.4 Å². The lowest BCUT2D eigenvalue weighted by Crippen LogP contribution is -2.71. The predicted molar refractivity (Wildman–Crippen MR) is 187 cm³/mol. The Hall–Kier alpha value is -3.91. The number of aryl methyl sites for hydroxylation is 1. The fourth-order valence-electron chi connectivity index (χ4n) is 6.75. The first kappa shape index (κ1) is 33.0. The van der Waals surface area contributed by atoms with Gasteiger partial charge in [0.2, 0.25) is 12.3 Å². The molecule has 248 valence electrons. The lowest BCUT2D eigenvalue weighted by atomic mass is 9.72. The van der Waals surface area contributed by atoms with Crippen molar-refractivity contribution in [2.45, 2.75) is 36.7 Å². The maximum Gasteiger partial charge on any atom is 0.227 e. The van der Waals surface area contributed by atoms with Crippen LogP contribution in [0.2, 0.25) is 0 Å². The number of benzene rings is 2. The topological polar surface area (TPSA) is 128 Å². The molecule has 2 N–H and O–H groups in total. The zero-order chi connectivity index (χ0) is 33.0. The standard InChI is InChI=1S/C33H40ClN9O3S/c1-35-16-25(34)17-37-26-9-12-43(13-10-26)47(46)28-5-3-4-24(14-28)18-41-19-33(20-41)21-42(22-33)27-6-7-29-30(15-27)40(2)39-32(29)38-31(45)8-11-36-23-44/h3-7,14-17,23,26H,1,8-13,18-22H2,2H3,(H,36,44)(H,38,39,45)/b25-16+,37-17?. The lowest BCUT2D eigenvalue weighted by molar-refractivity contribution is -0.116. The van der Waals surface area contributed by atoms with E-state index in [1.165, 1.54) is 11.8 Å². The molecule has 2 amide bonds. The second-order valence-electron chi connectivity index (χ2n) is 12.6. The quantitative estimate of drug-likeness (QED) is 0.162. The summed E-state index contributed by atoms with van der Waals surface area (Å²) in [6, 6.07) is 14.6. The number of nitrogens with one attached hydrogen (secondary N) is 2. The predicted octanol–water partition coefficient (Wildman–Crippen LogP) is 3.31. The summed E-state index contributed by atoms with van der Waals surface area (Å²) < 4.78 is 17.2. The van der Waals surface area contributed by atoms with Crippen molar-refractivity contribution in [1.82, 2.24) is 24.3 Å². The number of carbonyl (C=O) groups excluding carboxylic acids is 2. The summed E-state index contributed by atoms with van der Waals surface area (Å²) in [5.74, 6) is 0.335. The number of aromatic nitrogens is 2. The van der Waals surface area contributed by atoms with Crippen LogP contribution in [0.15, 0.2) is 68.6 Å². The number of allylic oxidation sites excluding steroid dienone is 1. The van der Waals surface area contributed by atoms with E-state index in [0.717, 1.165) is 80.1 Å². The van der Waals surface area contributed by atoms with Gasteiger partial charge in [-0.1, -0.05) is 23.7 Å². The third-order valence-corrected chi connectivity index (χ3v) is 10.7. The van der Waals surface area contributed by atoms with Gasteiger partial charge in [0, 0.05) is 94.7 Å². The number of halogens is 1. The molecule has 0 saturated carbocycles. The second-order valence-corrected chi connectivity index (χ2v) is 14.5.